The Morgan fingerprint density at radius 3 is 2.06 bits per heavy atom. The van der Waals surface area contributed by atoms with Crippen molar-refractivity contribution < 1.29 is 9.59 Å². The molecule has 2 saturated heterocycles. The average molecular weight is 256 g/mol. The molecule has 106 valence electrons. The Kier molecular flexibility index (Phi) is 8.42. The van der Waals surface area contributed by atoms with Gasteiger partial charge in [-0.1, -0.05) is 20.8 Å². The molecule has 1 unspecified atom stereocenters. The summed E-state index contributed by atoms with van der Waals surface area (Å²) in [5, 5.41) is 2.73. The summed E-state index contributed by atoms with van der Waals surface area (Å²) in [5.74, 6) is 0.796. The summed E-state index contributed by atoms with van der Waals surface area (Å²) in [5.41, 5.74) is 0. The van der Waals surface area contributed by atoms with Gasteiger partial charge in [-0.3, -0.25) is 9.59 Å². The fourth-order valence-corrected chi connectivity index (χ4v) is 1.93. The second kappa shape index (κ2) is 8.95. The molecule has 4 nitrogen and oxygen atoms in total. The van der Waals surface area contributed by atoms with Crippen LogP contribution in [0.3, 0.4) is 0 Å². The molecule has 4 heteroatoms. The third kappa shape index (κ3) is 5.52. The smallest absolute Gasteiger partial charge is 0.222 e. The Balaban J connectivity index is 0.000000289. The molecule has 0 aromatic carbocycles. The number of rotatable bonds is 1. The lowest BCUT2D eigenvalue weighted by Gasteiger charge is -2.19. The van der Waals surface area contributed by atoms with Gasteiger partial charge in [0.05, 0.1) is 0 Å². The van der Waals surface area contributed by atoms with Gasteiger partial charge in [-0.2, -0.15) is 0 Å². The fraction of sp³-hybridized carbons (Fsp3) is 0.857. The van der Waals surface area contributed by atoms with Gasteiger partial charge >= 0.3 is 0 Å². The van der Waals surface area contributed by atoms with E-state index in [0.29, 0.717) is 11.9 Å². The van der Waals surface area contributed by atoms with Crippen molar-refractivity contribution in [3.05, 3.63) is 0 Å². The number of nitrogens with zero attached hydrogens (tertiary/aromatic N) is 1. The summed E-state index contributed by atoms with van der Waals surface area (Å²) in [6.45, 7) is 11.9. The highest BCUT2D eigenvalue weighted by molar-refractivity contribution is 5.80. The Morgan fingerprint density at radius 2 is 1.89 bits per heavy atom. The maximum atomic E-state index is 10.9. The van der Waals surface area contributed by atoms with E-state index in [1.807, 2.05) is 25.7 Å². The van der Waals surface area contributed by atoms with E-state index in [1.54, 1.807) is 0 Å². The van der Waals surface area contributed by atoms with E-state index in [1.165, 1.54) is 0 Å². The first kappa shape index (κ1) is 16.9. The van der Waals surface area contributed by atoms with Gasteiger partial charge in [0.2, 0.25) is 11.8 Å². The van der Waals surface area contributed by atoms with Crippen LogP contribution < -0.4 is 5.32 Å². The second-order valence-electron chi connectivity index (χ2n) is 4.77. The Morgan fingerprint density at radius 1 is 1.28 bits per heavy atom. The van der Waals surface area contributed by atoms with Crippen LogP contribution in [-0.4, -0.2) is 35.8 Å². The maximum Gasteiger partial charge on any atom is 0.222 e. The molecule has 2 aliphatic heterocycles. The molecule has 2 heterocycles. The molecule has 2 rings (SSSR count). The van der Waals surface area contributed by atoms with Crippen molar-refractivity contribution in [2.45, 2.75) is 59.9 Å². The van der Waals surface area contributed by atoms with Crippen molar-refractivity contribution in [1.29, 1.82) is 0 Å². The molecule has 0 aromatic rings. The van der Waals surface area contributed by atoms with Crippen LogP contribution in [0.5, 0.6) is 0 Å². The van der Waals surface area contributed by atoms with Crippen LogP contribution in [-0.2, 0) is 9.59 Å². The number of hydrogen-bond donors (Lipinski definition) is 1. The molecule has 2 fully saturated rings. The predicted molar refractivity (Wildman–Crippen MR) is 74.2 cm³/mol. The molecule has 0 aromatic heterocycles. The lowest BCUT2D eigenvalue weighted by Crippen LogP contribution is -2.31. The third-order valence-electron chi connectivity index (χ3n) is 3.06. The SMILES string of the molecule is CC.CC(C)N1CCCC1=O.CC1CCNC1=O. The summed E-state index contributed by atoms with van der Waals surface area (Å²) in [4.78, 5) is 23.3. The van der Waals surface area contributed by atoms with Gasteiger partial charge in [0.15, 0.2) is 0 Å². The van der Waals surface area contributed by atoms with E-state index in [0.717, 1.165) is 32.4 Å². The number of nitrogens with one attached hydrogen (secondary N) is 1. The molecule has 0 saturated carbocycles. The first-order valence-corrected chi connectivity index (χ1v) is 7.09. The molecule has 18 heavy (non-hydrogen) atoms. The highest BCUT2D eigenvalue weighted by Gasteiger charge is 2.21. The average Bonchev–Trinajstić information content (AvgIpc) is 2.93. The minimum absolute atomic E-state index is 0.208. The van der Waals surface area contributed by atoms with Crippen LogP contribution in [0.4, 0.5) is 0 Å². The van der Waals surface area contributed by atoms with Crippen molar-refractivity contribution in [1.82, 2.24) is 10.2 Å². The minimum atomic E-state index is 0.208. The van der Waals surface area contributed by atoms with Gasteiger partial charge in [0.1, 0.15) is 0 Å². The summed E-state index contributed by atoms with van der Waals surface area (Å²) in [7, 11) is 0. The molecule has 2 aliphatic rings. The summed E-state index contributed by atoms with van der Waals surface area (Å²) >= 11 is 0. The molecule has 0 aliphatic carbocycles. The maximum absolute atomic E-state index is 10.9. The lowest BCUT2D eigenvalue weighted by molar-refractivity contribution is -0.129. The molecule has 0 radical (unpaired) electrons. The van der Waals surface area contributed by atoms with E-state index in [2.05, 4.69) is 19.2 Å². The molecule has 2 amide bonds. The van der Waals surface area contributed by atoms with Gasteiger partial charge in [-0.05, 0) is 26.7 Å². The van der Waals surface area contributed by atoms with Gasteiger partial charge in [0, 0.05) is 31.5 Å². The highest BCUT2D eigenvalue weighted by Crippen LogP contribution is 2.12. The van der Waals surface area contributed by atoms with Crippen LogP contribution in [0.15, 0.2) is 0 Å². The highest BCUT2D eigenvalue weighted by atomic mass is 16.2. The second-order valence-corrected chi connectivity index (χ2v) is 4.77. The van der Waals surface area contributed by atoms with Gasteiger partial charge < -0.3 is 10.2 Å². The van der Waals surface area contributed by atoms with E-state index in [4.69, 9.17) is 0 Å². The van der Waals surface area contributed by atoms with Crippen LogP contribution >= 0.6 is 0 Å². The first-order chi connectivity index (χ1) is 8.52. The van der Waals surface area contributed by atoms with E-state index in [9.17, 15) is 9.59 Å². The van der Waals surface area contributed by atoms with Gasteiger partial charge in [-0.25, -0.2) is 0 Å². The monoisotopic (exact) mass is 256 g/mol. The summed E-state index contributed by atoms with van der Waals surface area (Å²) < 4.78 is 0. The molecular formula is C14H28N2O2. The summed E-state index contributed by atoms with van der Waals surface area (Å²) in [6, 6.07) is 0.403. The molecule has 1 atom stereocenters. The third-order valence-corrected chi connectivity index (χ3v) is 3.06. The Hall–Kier alpha value is -1.06. The van der Waals surface area contributed by atoms with E-state index >= 15 is 0 Å². The normalized spacial score (nSPS) is 22.1. The van der Waals surface area contributed by atoms with Crippen LogP contribution in [0.1, 0.15) is 53.9 Å². The number of amides is 2. The molecular weight excluding hydrogens is 228 g/mol. The minimum Gasteiger partial charge on any atom is -0.356 e. The number of hydrogen-bond acceptors (Lipinski definition) is 2. The first-order valence-electron chi connectivity index (χ1n) is 7.09. The zero-order chi connectivity index (χ0) is 14.1. The Bertz CT molecular complexity index is 265. The van der Waals surface area contributed by atoms with Crippen molar-refractivity contribution >= 4 is 11.8 Å². The van der Waals surface area contributed by atoms with Crippen molar-refractivity contribution in [2.24, 2.45) is 5.92 Å². The number of carbonyl (C=O) groups is 2. The van der Waals surface area contributed by atoms with Crippen molar-refractivity contribution in [3.63, 3.8) is 0 Å². The van der Waals surface area contributed by atoms with Crippen molar-refractivity contribution in [2.75, 3.05) is 13.1 Å². The van der Waals surface area contributed by atoms with Crippen LogP contribution in [0, 0.1) is 5.92 Å². The zero-order valence-electron chi connectivity index (χ0n) is 12.5. The topological polar surface area (TPSA) is 49.4 Å². The largest absolute Gasteiger partial charge is 0.356 e. The summed E-state index contributed by atoms with van der Waals surface area (Å²) in [6.07, 6.45) is 2.83. The van der Waals surface area contributed by atoms with Gasteiger partial charge in [-0.15, -0.1) is 0 Å². The fourth-order valence-electron chi connectivity index (χ4n) is 1.93. The van der Waals surface area contributed by atoms with E-state index in [-0.39, 0.29) is 11.8 Å². The van der Waals surface area contributed by atoms with Gasteiger partial charge in [0.25, 0.3) is 0 Å². The molecule has 1 N–H and O–H groups in total. The van der Waals surface area contributed by atoms with Crippen LogP contribution in [0.2, 0.25) is 0 Å². The zero-order valence-corrected chi connectivity index (χ0v) is 12.5. The van der Waals surface area contributed by atoms with Crippen molar-refractivity contribution in [3.8, 4) is 0 Å². The number of carbonyl (C=O) groups excluding carboxylic acids is 2. The predicted octanol–water partition coefficient (Wildman–Crippen LogP) is 2.19. The van der Waals surface area contributed by atoms with E-state index < -0.39 is 0 Å². The Labute approximate surface area is 111 Å². The lowest BCUT2D eigenvalue weighted by atomic mass is 10.1. The molecule has 0 bridgehead atoms. The molecule has 0 spiro atoms. The number of likely N-dealkylation sites (tertiary alicyclic amines) is 1. The standard InChI is InChI=1S/C7H13NO.C5H9NO.C2H6/c1-6(2)8-5-3-4-7(8)9;1-4-2-3-6-5(4)7;1-2/h6H,3-5H2,1-2H3;4H,2-3H2,1H3,(H,6,7);1-2H3. The van der Waals surface area contributed by atoms with Crippen LogP contribution in [0.25, 0.3) is 0 Å². The quantitative estimate of drug-likeness (QED) is 0.782.